The molecule has 0 bridgehead atoms. The summed E-state index contributed by atoms with van der Waals surface area (Å²) in [5.41, 5.74) is 6.84. The Hall–Kier alpha value is -2.56. The molecule has 2 rings (SSSR count). The number of nitrogens with two attached hydrogens (primary N) is 1. The van der Waals surface area contributed by atoms with E-state index in [0.29, 0.717) is 30.4 Å². The van der Waals surface area contributed by atoms with Crippen molar-refractivity contribution in [2.24, 2.45) is 10.7 Å². The highest BCUT2D eigenvalue weighted by molar-refractivity contribution is 14.0. The molecule has 146 valence electrons. The molecule has 27 heavy (non-hydrogen) atoms. The first-order chi connectivity index (χ1) is 12.5. The van der Waals surface area contributed by atoms with Crippen molar-refractivity contribution >= 4 is 41.8 Å². The molecule has 9 heteroatoms. The number of furan rings is 1. The normalized spacial score (nSPS) is 10.7. The topological polar surface area (TPSA) is 122 Å². The highest BCUT2D eigenvalue weighted by atomic mass is 127. The number of guanidine groups is 1. The van der Waals surface area contributed by atoms with Gasteiger partial charge in [0.05, 0.1) is 6.54 Å². The number of nitrogens with zero attached hydrogens (tertiary/aromatic N) is 1. The van der Waals surface area contributed by atoms with Gasteiger partial charge in [0.25, 0.3) is 11.8 Å². The fourth-order valence-electron chi connectivity index (χ4n) is 2.33. The maximum absolute atomic E-state index is 11.7. The van der Waals surface area contributed by atoms with Crippen LogP contribution in [-0.2, 0) is 13.0 Å². The minimum Gasteiger partial charge on any atom is -0.454 e. The SMILES string of the molecule is CN=C(NCCc1cccc(C(=O)NC)c1)NCc1ccc(C(N)=O)o1.I. The Kier molecular flexibility index (Phi) is 9.34. The molecule has 2 amide bonds. The molecule has 5 N–H and O–H groups in total. The largest absolute Gasteiger partial charge is 0.454 e. The number of carbonyl (C=O) groups excluding carboxylic acids is 2. The first-order valence-electron chi connectivity index (χ1n) is 8.17. The second-order valence-electron chi connectivity index (χ2n) is 5.51. The van der Waals surface area contributed by atoms with Crippen LogP contribution in [0, 0.1) is 0 Å². The van der Waals surface area contributed by atoms with E-state index in [1.165, 1.54) is 6.07 Å². The van der Waals surface area contributed by atoms with Crippen molar-refractivity contribution in [3.8, 4) is 0 Å². The number of hydrogen-bond acceptors (Lipinski definition) is 4. The van der Waals surface area contributed by atoms with Crippen LogP contribution in [0.2, 0.25) is 0 Å². The van der Waals surface area contributed by atoms with Gasteiger partial charge in [0, 0.05) is 26.2 Å². The van der Waals surface area contributed by atoms with Crippen molar-refractivity contribution in [3.05, 3.63) is 59.0 Å². The summed E-state index contributed by atoms with van der Waals surface area (Å²) in [6, 6.07) is 10.7. The molecule has 8 nitrogen and oxygen atoms in total. The lowest BCUT2D eigenvalue weighted by Gasteiger charge is -2.11. The number of halogens is 1. The van der Waals surface area contributed by atoms with Crippen LogP contribution in [0.15, 0.2) is 45.8 Å². The molecule has 0 aliphatic rings. The Bertz CT molecular complexity index is 804. The molecule has 1 heterocycles. The van der Waals surface area contributed by atoms with Crippen molar-refractivity contribution in [1.29, 1.82) is 0 Å². The summed E-state index contributed by atoms with van der Waals surface area (Å²) in [6.07, 6.45) is 0.734. The number of aliphatic imine (C=N–C) groups is 1. The first kappa shape index (κ1) is 22.5. The molecule has 0 aliphatic heterocycles. The zero-order valence-corrected chi connectivity index (χ0v) is 17.6. The first-order valence-corrected chi connectivity index (χ1v) is 8.17. The van der Waals surface area contributed by atoms with Crippen LogP contribution in [0.5, 0.6) is 0 Å². The molecule has 1 aromatic heterocycles. The van der Waals surface area contributed by atoms with Gasteiger partial charge in [-0.1, -0.05) is 12.1 Å². The van der Waals surface area contributed by atoms with E-state index in [1.54, 1.807) is 26.2 Å². The van der Waals surface area contributed by atoms with E-state index in [4.69, 9.17) is 10.2 Å². The van der Waals surface area contributed by atoms with Gasteiger partial charge in [0.15, 0.2) is 11.7 Å². The zero-order chi connectivity index (χ0) is 18.9. The van der Waals surface area contributed by atoms with E-state index in [2.05, 4.69) is 20.9 Å². The van der Waals surface area contributed by atoms with Gasteiger partial charge in [-0.15, -0.1) is 24.0 Å². The van der Waals surface area contributed by atoms with Gasteiger partial charge >= 0.3 is 0 Å². The Morgan fingerprint density at radius 3 is 2.59 bits per heavy atom. The molecular weight excluding hydrogens is 461 g/mol. The number of primary amides is 1. The smallest absolute Gasteiger partial charge is 0.284 e. The number of amides is 2. The fourth-order valence-corrected chi connectivity index (χ4v) is 2.33. The summed E-state index contributed by atoms with van der Waals surface area (Å²) in [7, 11) is 3.27. The number of benzene rings is 1. The van der Waals surface area contributed by atoms with E-state index in [1.807, 2.05) is 18.2 Å². The third-order valence-electron chi connectivity index (χ3n) is 3.68. The van der Waals surface area contributed by atoms with E-state index in [0.717, 1.165) is 12.0 Å². The Balaban J connectivity index is 0.00000364. The van der Waals surface area contributed by atoms with Gasteiger partial charge < -0.3 is 26.1 Å². The maximum Gasteiger partial charge on any atom is 0.284 e. The average Bonchev–Trinajstić information content (AvgIpc) is 3.13. The molecular formula is C18H24IN5O3. The lowest BCUT2D eigenvalue weighted by Crippen LogP contribution is -2.37. The Labute approximate surface area is 175 Å². The maximum atomic E-state index is 11.7. The van der Waals surface area contributed by atoms with Gasteiger partial charge in [-0.3, -0.25) is 14.6 Å². The lowest BCUT2D eigenvalue weighted by molar-refractivity contribution is 0.0958. The van der Waals surface area contributed by atoms with Crippen LogP contribution in [0.25, 0.3) is 0 Å². The van der Waals surface area contributed by atoms with Crippen LogP contribution >= 0.6 is 24.0 Å². The highest BCUT2D eigenvalue weighted by Crippen LogP contribution is 2.07. The van der Waals surface area contributed by atoms with Crippen molar-refractivity contribution in [2.75, 3.05) is 20.6 Å². The van der Waals surface area contributed by atoms with Crippen LogP contribution in [0.3, 0.4) is 0 Å². The third kappa shape index (κ3) is 6.93. The number of nitrogens with one attached hydrogen (secondary N) is 3. The molecule has 0 radical (unpaired) electrons. The quantitative estimate of drug-likeness (QED) is 0.267. The van der Waals surface area contributed by atoms with Crippen LogP contribution in [-0.4, -0.2) is 38.4 Å². The summed E-state index contributed by atoms with van der Waals surface area (Å²) < 4.78 is 5.30. The second-order valence-corrected chi connectivity index (χ2v) is 5.51. The summed E-state index contributed by atoms with van der Waals surface area (Å²) in [5.74, 6) is 0.606. The summed E-state index contributed by atoms with van der Waals surface area (Å²) in [5, 5.41) is 8.89. The van der Waals surface area contributed by atoms with Crippen molar-refractivity contribution in [1.82, 2.24) is 16.0 Å². The molecule has 0 saturated carbocycles. The van der Waals surface area contributed by atoms with Crippen LogP contribution in [0.1, 0.15) is 32.2 Å². The Morgan fingerprint density at radius 2 is 1.96 bits per heavy atom. The average molecular weight is 485 g/mol. The van der Waals surface area contributed by atoms with Crippen molar-refractivity contribution in [2.45, 2.75) is 13.0 Å². The van der Waals surface area contributed by atoms with Gasteiger partial charge in [-0.05, 0) is 36.2 Å². The number of carbonyl (C=O) groups is 2. The van der Waals surface area contributed by atoms with Gasteiger partial charge in [0.2, 0.25) is 0 Å². The van der Waals surface area contributed by atoms with E-state index >= 15 is 0 Å². The molecule has 0 fully saturated rings. The van der Waals surface area contributed by atoms with Gasteiger partial charge in [0.1, 0.15) is 5.76 Å². The second kappa shape index (κ2) is 11.2. The predicted octanol–water partition coefficient (Wildman–Crippen LogP) is 1.26. The lowest BCUT2D eigenvalue weighted by atomic mass is 10.1. The van der Waals surface area contributed by atoms with E-state index < -0.39 is 5.91 Å². The molecule has 0 atom stereocenters. The summed E-state index contributed by atoms with van der Waals surface area (Å²) in [4.78, 5) is 26.8. The van der Waals surface area contributed by atoms with Crippen molar-refractivity contribution < 1.29 is 14.0 Å². The van der Waals surface area contributed by atoms with E-state index in [9.17, 15) is 9.59 Å². The molecule has 2 aromatic rings. The monoisotopic (exact) mass is 485 g/mol. The van der Waals surface area contributed by atoms with E-state index in [-0.39, 0.29) is 35.6 Å². The molecule has 0 aliphatic carbocycles. The fraction of sp³-hybridized carbons (Fsp3) is 0.278. The molecule has 0 unspecified atom stereocenters. The third-order valence-corrected chi connectivity index (χ3v) is 3.68. The summed E-state index contributed by atoms with van der Waals surface area (Å²) in [6.45, 7) is 1.01. The predicted molar refractivity (Wildman–Crippen MR) is 114 cm³/mol. The minimum atomic E-state index is -0.599. The number of rotatable bonds is 7. The van der Waals surface area contributed by atoms with Gasteiger partial charge in [-0.2, -0.15) is 0 Å². The Morgan fingerprint density at radius 1 is 1.19 bits per heavy atom. The van der Waals surface area contributed by atoms with Crippen LogP contribution < -0.4 is 21.7 Å². The molecule has 0 spiro atoms. The standard InChI is InChI=1S/C18H23N5O3.HI/c1-20-17(25)13-5-3-4-12(10-13)8-9-22-18(21-2)23-11-14-6-7-15(26-14)16(19)24;/h3-7,10H,8-9,11H2,1-2H3,(H2,19,24)(H,20,25)(H2,21,22,23);1H. The van der Waals surface area contributed by atoms with Gasteiger partial charge in [-0.25, -0.2) is 0 Å². The highest BCUT2D eigenvalue weighted by Gasteiger charge is 2.08. The van der Waals surface area contributed by atoms with Crippen LogP contribution in [0.4, 0.5) is 0 Å². The van der Waals surface area contributed by atoms with Crippen molar-refractivity contribution in [3.63, 3.8) is 0 Å². The minimum absolute atomic E-state index is 0. The number of hydrogen-bond donors (Lipinski definition) is 4. The molecule has 0 saturated heterocycles. The molecule has 1 aromatic carbocycles. The summed E-state index contributed by atoms with van der Waals surface area (Å²) >= 11 is 0. The zero-order valence-electron chi connectivity index (χ0n) is 15.2.